The van der Waals surface area contributed by atoms with Gasteiger partial charge in [0.25, 0.3) is 0 Å². The Morgan fingerprint density at radius 2 is 1.74 bits per heavy atom. The Hall–Kier alpha value is -2.78. The van der Waals surface area contributed by atoms with Crippen LogP contribution in [0.1, 0.15) is 64.1 Å². The SMILES string of the molecule is CCN(C(=O)Cc1ccc(S(C)(=O)=O)cc1)C1CCN(CC[C@H](NC(=O)C(C)(C)C)c2cccc(F)c2)CC1. The Morgan fingerprint density at radius 1 is 1.10 bits per heavy atom. The number of likely N-dealkylation sites (N-methyl/N-ethyl adjacent to an activating group) is 1. The summed E-state index contributed by atoms with van der Waals surface area (Å²) in [6, 6.07) is 12.8. The van der Waals surface area contributed by atoms with E-state index in [4.69, 9.17) is 0 Å². The quantitative estimate of drug-likeness (QED) is 0.467. The molecule has 2 aromatic carbocycles. The Labute approximate surface area is 232 Å². The third-order valence-electron chi connectivity index (χ3n) is 7.34. The van der Waals surface area contributed by atoms with E-state index in [1.165, 1.54) is 18.4 Å². The third-order valence-corrected chi connectivity index (χ3v) is 8.47. The van der Waals surface area contributed by atoms with E-state index in [1.54, 1.807) is 30.3 Å². The zero-order valence-corrected chi connectivity index (χ0v) is 24.6. The first-order valence-electron chi connectivity index (χ1n) is 13.6. The molecular formula is C30H42FN3O4S. The van der Waals surface area contributed by atoms with E-state index in [0.717, 1.165) is 43.6 Å². The Bertz CT molecular complexity index is 1230. The van der Waals surface area contributed by atoms with Crippen molar-refractivity contribution in [1.29, 1.82) is 0 Å². The number of carbonyl (C=O) groups is 2. The van der Waals surface area contributed by atoms with Crippen molar-refractivity contribution in [2.45, 2.75) is 70.4 Å². The summed E-state index contributed by atoms with van der Waals surface area (Å²) in [7, 11) is -3.27. The molecular weight excluding hydrogens is 517 g/mol. The van der Waals surface area contributed by atoms with Crippen molar-refractivity contribution >= 4 is 21.7 Å². The summed E-state index contributed by atoms with van der Waals surface area (Å²) in [5, 5.41) is 3.11. The van der Waals surface area contributed by atoms with Crippen LogP contribution in [-0.2, 0) is 25.8 Å². The van der Waals surface area contributed by atoms with Crippen molar-refractivity contribution in [2.24, 2.45) is 5.41 Å². The lowest BCUT2D eigenvalue weighted by atomic mass is 9.93. The second-order valence-electron chi connectivity index (χ2n) is 11.5. The molecule has 0 spiro atoms. The van der Waals surface area contributed by atoms with Gasteiger partial charge in [0.2, 0.25) is 11.8 Å². The van der Waals surface area contributed by atoms with Gasteiger partial charge in [-0.3, -0.25) is 9.59 Å². The summed E-state index contributed by atoms with van der Waals surface area (Å²) in [5.74, 6) is -0.350. The minimum atomic E-state index is -3.27. The molecule has 0 saturated carbocycles. The molecule has 2 aromatic rings. The molecule has 1 heterocycles. The number of amides is 2. The standard InChI is InChI=1S/C30H42FN3O4S/c1-6-34(28(35)20-22-10-12-26(13-11-22)39(5,37)38)25-14-17-33(18-15-25)19-16-27(32-29(36)30(2,3)4)23-8-7-9-24(31)21-23/h7-13,21,25,27H,6,14-20H2,1-5H3,(H,32,36)/t27-/m0/s1. The van der Waals surface area contributed by atoms with E-state index in [-0.39, 0.29) is 41.0 Å². The van der Waals surface area contributed by atoms with E-state index in [1.807, 2.05) is 38.7 Å². The fourth-order valence-electron chi connectivity index (χ4n) is 4.96. The van der Waals surface area contributed by atoms with Crippen molar-refractivity contribution in [3.8, 4) is 0 Å². The lowest BCUT2D eigenvalue weighted by Crippen LogP contribution is -2.48. The highest BCUT2D eigenvalue weighted by molar-refractivity contribution is 7.90. The summed E-state index contributed by atoms with van der Waals surface area (Å²) >= 11 is 0. The van der Waals surface area contributed by atoms with Gasteiger partial charge in [0.05, 0.1) is 17.4 Å². The molecule has 1 saturated heterocycles. The van der Waals surface area contributed by atoms with Crippen LogP contribution in [-0.4, -0.2) is 68.5 Å². The van der Waals surface area contributed by atoms with Crippen LogP contribution in [0.2, 0.25) is 0 Å². The molecule has 39 heavy (non-hydrogen) atoms. The maximum Gasteiger partial charge on any atom is 0.227 e. The van der Waals surface area contributed by atoms with Crippen molar-refractivity contribution in [2.75, 3.05) is 32.4 Å². The van der Waals surface area contributed by atoms with Crippen molar-refractivity contribution in [3.63, 3.8) is 0 Å². The lowest BCUT2D eigenvalue weighted by molar-refractivity contribution is -0.133. The molecule has 9 heteroatoms. The molecule has 1 aliphatic heterocycles. The number of piperidine rings is 1. The van der Waals surface area contributed by atoms with Gasteiger partial charge in [-0.05, 0) is 61.6 Å². The van der Waals surface area contributed by atoms with Gasteiger partial charge in [-0.2, -0.15) is 0 Å². The van der Waals surface area contributed by atoms with Crippen LogP contribution >= 0.6 is 0 Å². The molecule has 0 aliphatic carbocycles. The van der Waals surface area contributed by atoms with E-state index in [2.05, 4.69) is 10.2 Å². The molecule has 0 aromatic heterocycles. The zero-order valence-electron chi connectivity index (χ0n) is 23.7. The van der Waals surface area contributed by atoms with Gasteiger partial charge in [-0.25, -0.2) is 12.8 Å². The largest absolute Gasteiger partial charge is 0.349 e. The maximum atomic E-state index is 13.9. The molecule has 2 amide bonds. The lowest BCUT2D eigenvalue weighted by Gasteiger charge is -2.38. The van der Waals surface area contributed by atoms with E-state index >= 15 is 0 Å². The van der Waals surface area contributed by atoms with Crippen LogP contribution in [0, 0.1) is 11.2 Å². The number of nitrogens with zero attached hydrogens (tertiary/aromatic N) is 2. The van der Waals surface area contributed by atoms with Crippen LogP contribution in [0.3, 0.4) is 0 Å². The van der Waals surface area contributed by atoms with Crippen LogP contribution in [0.4, 0.5) is 4.39 Å². The number of benzene rings is 2. The minimum Gasteiger partial charge on any atom is -0.349 e. The normalized spacial score (nSPS) is 16.1. The average Bonchev–Trinajstić information content (AvgIpc) is 2.87. The van der Waals surface area contributed by atoms with Crippen LogP contribution in [0.15, 0.2) is 53.4 Å². The topological polar surface area (TPSA) is 86.8 Å². The molecule has 1 aliphatic rings. The molecule has 0 unspecified atom stereocenters. The fourth-order valence-corrected chi connectivity index (χ4v) is 5.59. The minimum absolute atomic E-state index is 0.0408. The first-order chi connectivity index (χ1) is 18.3. The summed E-state index contributed by atoms with van der Waals surface area (Å²) in [5.41, 5.74) is 1.01. The fraction of sp³-hybridized carbons (Fsp3) is 0.533. The summed E-state index contributed by atoms with van der Waals surface area (Å²) in [6.45, 7) is 10.6. The smallest absolute Gasteiger partial charge is 0.227 e. The average molecular weight is 560 g/mol. The third kappa shape index (κ3) is 8.86. The van der Waals surface area contributed by atoms with Crippen molar-refractivity contribution in [3.05, 3.63) is 65.5 Å². The number of halogens is 1. The molecule has 0 bridgehead atoms. The molecule has 1 atom stereocenters. The summed E-state index contributed by atoms with van der Waals surface area (Å²) in [6.07, 6.45) is 3.77. The van der Waals surface area contributed by atoms with Gasteiger partial charge >= 0.3 is 0 Å². The number of hydrogen-bond donors (Lipinski definition) is 1. The number of carbonyl (C=O) groups excluding carboxylic acids is 2. The van der Waals surface area contributed by atoms with E-state index in [9.17, 15) is 22.4 Å². The monoisotopic (exact) mass is 559 g/mol. The Kier molecular flexibility index (Phi) is 10.3. The Balaban J connectivity index is 1.56. The van der Waals surface area contributed by atoms with Crippen LogP contribution in [0.5, 0.6) is 0 Å². The molecule has 214 valence electrons. The number of likely N-dealkylation sites (tertiary alicyclic amines) is 1. The second kappa shape index (κ2) is 13.0. The van der Waals surface area contributed by atoms with E-state index in [0.29, 0.717) is 13.0 Å². The number of rotatable bonds is 10. The molecule has 7 nitrogen and oxygen atoms in total. The summed E-state index contributed by atoms with van der Waals surface area (Å²) < 4.78 is 37.3. The highest BCUT2D eigenvalue weighted by Gasteiger charge is 2.29. The van der Waals surface area contributed by atoms with E-state index < -0.39 is 15.3 Å². The van der Waals surface area contributed by atoms with Crippen molar-refractivity contribution < 1.29 is 22.4 Å². The predicted molar refractivity (Wildman–Crippen MR) is 151 cm³/mol. The van der Waals surface area contributed by atoms with Gasteiger partial charge in [-0.15, -0.1) is 0 Å². The molecule has 1 N–H and O–H groups in total. The van der Waals surface area contributed by atoms with Gasteiger partial charge in [-0.1, -0.05) is 45.0 Å². The first kappa shape index (κ1) is 30.8. The van der Waals surface area contributed by atoms with Crippen molar-refractivity contribution in [1.82, 2.24) is 15.1 Å². The zero-order chi connectivity index (χ0) is 28.8. The Morgan fingerprint density at radius 3 is 2.28 bits per heavy atom. The summed E-state index contributed by atoms with van der Waals surface area (Å²) in [4.78, 5) is 30.3. The molecule has 1 fully saturated rings. The number of nitrogens with one attached hydrogen (secondary N) is 1. The van der Waals surface area contributed by atoms with Crippen LogP contribution < -0.4 is 5.32 Å². The van der Waals surface area contributed by atoms with Gasteiger partial charge in [0.1, 0.15) is 5.82 Å². The number of sulfone groups is 1. The maximum absolute atomic E-state index is 13.9. The predicted octanol–water partition coefficient (Wildman–Crippen LogP) is 4.38. The second-order valence-corrected chi connectivity index (χ2v) is 13.5. The van der Waals surface area contributed by atoms with Gasteiger partial charge in [0, 0.05) is 43.9 Å². The van der Waals surface area contributed by atoms with Gasteiger partial charge in [0.15, 0.2) is 9.84 Å². The highest BCUT2D eigenvalue weighted by atomic mass is 32.2. The first-order valence-corrected chi connectivity index (χ1v) is 15.5. The van der Waals surface area contributed by atoms with Gasteiger partial charge < -0.3 is 15.1 Å². The molecule has 0 radical (unpaired) electrons. The van der Waals surface area contributed by atoms with Crippen LogP contribution in [0.25, 0.3) is 0 Å². The number of hydrogen-bond acceptors (Lipinski definition) is 5. The molecule has 3 rings (SSSR count). The highest BCUT2D eigenvalue weighted by Crippen LogP contribution is 2.24.